The number of ether oxygens (including phenoxy) is 8. The average molecular weight is 2220 g/mol. The molecule has 3 unspecified atom stereocenters. The van der Waals surface area contributed by atoms with Crippen molar-refractivity contribution >= 4 is 145 Å². The molecule has 0 saturated carbocycles. The number of phenolic OH excluding ortho intramolecular Hbond substituents is 1. The molecule has 6 saturated heterocycles. The Labute approximate surface area is 933 Å². The first-order valence-electron chi connectivity index (χ1n) is 43.1. The molecule has 137 heavy (non-hydrogen) atoms. The average Bonchev–Trinajstić information content (AvgIpc) is 1.68. The van der Waals surface area contributed by atoms with Crippen molar-refractivity contribution < 1.29 is 243 Å². The largest absolute Gasteiger partial charge is 1.00 e. The summed E-state index contributed by atoms with van der Waals surface area (Å²) in [5.74, 6) is 0.941. The zero-order valence-corrected chi connectivity index (χ0v) is 93.5. The molecule has 6 aliphatic rings. The minimum Gasteiger partial charge on any atom is -1.00 e. The number of imidazole rings is 3. The van der Waals surface area contributed by atoms with E-state index in [9.17, 15) is 42.3 Å². The van der Waals surface area contributed by atoms with Crippen LogP contribution in [-0.4, -0.2) is 235 Å². The maximum atomic E-state index is 13.3. The van der Waals surface area contributed by atoms with E-state index in [0.717, 1.165) is 100 Å². The molecule has 0 aliphatic carbocycles. The molecule has 4 N–H and O–H groups in total. The minimum absolute atomic E-state index is 0. The number of hydrogen-bond donors (Lipinski definition) is 4. The van der Waals surface area contributed by atoms with Gasteiger partial charge in [-0.05, 0) is 199 Å². The minimum atomic E-state index is -3.29. The zero-order valence-electron chi connectivity index (χ0n) is 78.9. The fourth-order valence-corrected chi connectivity index (χ4v) is 16.7. The first-order valence-corrected chi connectivity index (χ1v) is 46.0. The summed E-state index contributed by atoms with van der Waals surface area (Å²) >= 11 is 20.5. The van der Waals surface area contributed by atoms with Crippen LogP contribution in [0.2, 0.25) is 15.1 Å². The van der Waals surface area contributed by atoms with E-state index in [1.54, 1.807) is 87.9 Å². The van der Waals surface area contributed by atoms with Crippen molar-refractivity contribution in [1.82, 2.24) is 58.3 Å². The van der Waals surface area contributed by atoms with E-state index in [1.165, 1.54) is 12.1 Å². The number of terminal acetylenes is 1. The van der Waals surface area contributed by atoms with Gasteiger partial charge in [-0.1, -0.05) is 62.8 Å². The number of anilines is 3. The number of fused-ring (bicyclic) bond motifs is 3. The van der Waals surface area contributed by atoms with Crippen molar-refractivity contribution in [3.05, 3.63) is 166 Å². The third-order valence-corrected chi connectivity index (χ3v) is 22.7. The van der Waals surface area contributed by atoms with Gasteiger partial charge in [-0.3, -0.25) is 63.9 Å². The Morgan fingerprint density at radius 1 is 0.526 bits per heavy atom. The monoisotopic (exact) mass is 2220 g/mol. The van der Waals surface area contributed by atoms with Crippen LogP contribution in [0.15, 0.2) is 117 Å². The molecule has 12 heterocycles. The third kappa shape index (κ3) is 35.6. The number of hydrogen-bond acceptors (Lipinski definition) is 28. The Hall–Kier alpha value is -7.96. The number of aryl methyl sites for hydroxylation is 3. The second kappa shape index (κ2) is 57.8. The molecular formula is C94H122Cl3Cs2N15O22S. The van der Waals surface area contributed by atoms with Crippen molar-refractivity contribution in [1.29, 1.82) is 0 Å². The second-order valence-electron chi connectivity index (χ2n) is 33.5. The first-order chi connectivity index (χ1) is 63.5. The number of rotatable bonds is 19. The van der Waals surface area contributed by atoms with Crippen molar-refractivity contribution in [3.8, 4) is 30.1 Å². The van der Waals surface area contributed by atoms with Crippen LogP contribution < -0.4 is 168 Å². The Balaban J connectivity index is 0.000000384. The molecule has 15 rings (SSSR count). The van der Waals surface area contributed by atoms with Gasteiger partial charge in [0.05, 0.1) is 96.8 Å². The smallest absolute Gasteiger partial charge is 1.00 e. The number of nitrogens with one attached hydrogen (secondary N) is 3. The SMILES string of the molecule is C.C.C#C.C=CC(=O)N1CCCC[C@@H](n2c(NC(=O)c3ccnc(C)c3)nc3ccc(OC4CCOC4)c(Cl)c32)C1.C=COC=O.CS(=O)(=O)OC1CCOC1.Cc1cc(C(=O)Nc2nc3ccc(O)c(Cl)c3n2[C@@H]2CCCCN(C(=O)OC(C)(C)C)C2)ccn1.Cc1cc(C(=O)Nc2nc3ccc(OC4CCOC4)c(Cl)c3n2[C@@H]2CCCCN(C(=O)OC(C)(C)C)C2)ccn1.O=CO[O-].[Cs+].[Cs+].[H-]. The topological polar surface area (TPSA) is 444 Å². The van der Waals surface area contributed by atoms with Crippen LogP contribution in [0.5, 0.6) is 17.2 Å². The zero-order chi connectivity index (χ0) is 96.9. The second-order valence-corrected chi connectivity index (χ2v) is 36.2. The number of nitrogens with zero attached hydrogens (tertiary/aromatic N) is 12. The molecule has 37 nitrogen and oxygen atoms in total. The fraction of sp³-hybridized carbons (Fsp3) is 0.468. The number of carbonyl (C=O) groups is 8. The molecular weight excluding hydrogens is 2100 g/mol. The van der Waals surface area contributed by atoms with E-state index in [0.29, 0.717) is 181 Å². The van der Waals surface area contributed by atoms with E-state index < -0.39 is 21.3 Å². The Morgan fingerprint density at radius 2 is 0.861 bits per heavy atom. The van der Waals surface area contributed by atoms with Gasteiger partial charge in [-0.15, -0.1) is 12.8 Å². The molecule has 6 aliphatic heterocycles. The number of likely N-dealkylation sites (tertiary alicyclic amines) is 3. The molecule has 3 aromatic carbocycles. The van der Waals surface area contributed by atoms with E-state index in [-0.39, 0.29) is 244 Å². The van der Waals surface area contributed by atoms with Gasteiger partial charge >= 0.3 is 150 Å². The van der Waals surface area contributed by atoms with E-state index in [2.05, 4.69) is 75.7 Å². The molecule has 0 bridgehead atoms. The van der Waals surface area contributed by atoms with Gasteiger partial charge in [-0.25, -0.2) is 24.5 Å². The summed E-state index contributed by atoms with van der Waals surface area (Å²) in [4.78, 5) is 130. The number of aromatic hydroxyl groups is 1. The van der Waals surface area contributed by atoms with Crippen molar-refractivity contribution in [2.24, 2.45) is 0 Å². The molecule has 43 heteroatoms. The summed E-state index contributed by atoms with van der Waals surface area (Å²) in [5.41, 5.74) is 5.96. The van der Waals surface area contributed by atoms with Gasteiger partial charge in [0, 0.05) is 118 Å². The van der Waals surface area contributed by atoms with Crippen molar-refractivity contribution in [3.63, 3.8) is 0 Å². The summed E-state index contributed by atoms with van der Waals surface area (Å²) in [6.07, 6.45) is 24.8. The summed E-state index contributed by atoms with van der Waals surface area (Å²) in [7, 11) is -3.29. The first kappa shape index (κ1) is 120. The maximum absolute atomic E-state index is 13.3. The molecule has 6 fully saturated rings. The number of pyridine rings is 3. The Bertz CT molecular complexity index is 5700. The Morgan fingerprint density at radius 3 is 1.16 bits per heavy atom. The van der Waals surface area contributed by atoms with Gasteiger partial charge in [0.1, 0.15) is 61.8 Å². The summed E-state index contributed by atoms with van der Waals surface area (Å²) in [6, 6.07) is 19.9. The quantitative estimate of drug-likeness (QED) is 0.00854. The third-order valence-electron chi connectivity index (χ3n) is 21.0. The molecule has 9 aromatic rings. The Kier molecular flexibility index (Phi) is 50.5. The molecule has 6 amide bonds. The van der Waals surface area contributed by atoms with E-state index in [1.807, 2.05) is 88.1 Å². The van der Waals surface area contributed by atoms with Crippen LogP contribution in [0.4, 0.5) is 27.4 Å². The number of amides is 6. The van der Waals surface area contributed by atoms with Crippen LogP contribution in [0, 0.1) is 33.6 Å². The van der Waals surface area contributed by atoms with Crippen molar-refractivity contribution in [2.45, 2.75) is 202 Å². The molecule has 0 spiro atoms. The van der Waals surface area contributed by atoms with Gasteiger partial charge in [0.25, 0.3) is 40.8 Å². The number of carbonyl (C=O) groups excluding carboxylic acids is 8. The van der Waals surface area contributed by atoms with Crippen LogP contribution in [0.1, 0.15) is 201 Å². The predicted octanol–water partition coefficient (Wildman–Crippen LogP) is 9.77. The number of benzene rings is 3. The number of halogens is 3. The van der Waals surface area contributed by atoms with Gasteiger partial charge in [0.2, 0.25) is 23.8 Å². The fourth-order valence-electron chi connectivity index (χ4n) is 15.2. The van der Waals surface area contributed by atoms with Crippen LogP contribution in [0.25, 0.3) is 33.1 Å². The molecule has 734 valence electrons. The van der Waals surface area contributed by atoms with E-state index >= 15 is 0 Å². The summed E-state index contributed by atoms with van der Waals surface area (Å²) in [5, 5.41) is 28.6. The van der Waals surface area contributed by atoms with E-state index in [4.69, 9.17) is 92.8 Å². The molecule has 6 aromatic heterocycles. The summed E-state index contributed by atoms with van der Waals surface area (Å²) in [6.45, 7) is 29.7. The normalized spacial score (nSPS) is 17.8. The number of phenols is 1. The van der Waals surface area contributed by atoms with Crippen LogP contribution in [-0.2, 0) is 62.0 Å². The van der Waals surface area contributed by atoms with Crippen LogP contribution in [0.3, 0.4) is 0 Å². The maximum Gasteiger partial charge on any atom is 1.00 e. The molecule has 6 atom stereocenters. The summed E-state index contributed by atoms with van der Waals surface area (Å²) < 4.78 is 74.8. The standard InChI is InChI=1S/C29H36ClN5O5.C27H30ClN5O4.C25H30ClN5O4.C5H10O4S.C3H4O2.C2H2.CH2O3.2CH4.2Cs.H/c1-18-15-19(10-12-31-18)26(36)33-27-32-22-8-9-23(39-21-11-14-38-17-21)24(30)25(22)35(27)20-7-5-6-13-34(16-20)28(37)40-29(2,3)4;1-3-23(34)32-12-5-4-6-19(15-32)33-25-21(7-8-22(24(25)28)37-20-10-13-36-16-20)30-27(33)31-26(35)18-9-11-29-17(2)14-18;1-15-13-16(10-11-27-15)22(33)29-23-28-18-8-9-19(32)20(26)21(18)31(23)17-7-5-6-12-30(14-17)24(34)35-25(2,3)4;1-10(6,7)9-5-2-3-8-4-5;1-2-5-3-4;1-2;2-1-4-3;;;;;/h8-10,12,15,20-21H,5-7,11,13-14,16-17H2,1-4H3,(H,32,33,36);3,7-9,11,14,19-20H,1,4-6,10,12-13,15-16H2,2H3,(H,30,31,35);8-11,13,17,32H,5-7,12,14H2,1-4H3,(H,28,29,33);5H,2-4H2,1H3;2-3H,1H2;1-2H;1,3H;2*1H4;;;/q;;;;;;;;;2*+1;-1/p-1/t20-,21?;19-,20?;17-;;;;;;;;;/m111........./s1. The van der Waals surface area contributed by atoms with Crippen molar-refractivity contribution in [2.75, 3.05) is 101 Å². The number of aromatic nitrogens is 9. The van der Waals surface area contributed by atoms with Crippen LogP contribution >= 0.6 is 34.8 Å². The predicted molar refractivity (Wildman–Crippen MR) is 512 cm³/mol. The van der Waals surface area contributed by atoms with Gasteiger partial charge in [0.15, 0.2) is 0 Å². The van der Waals surface area contributed by atoms with Gasteiger partial charge in [-0.2, -0.15) is 8.42 Å². The van der Waals surface area contributed by atoms with Gasteiger partial charge < -0.3 is 83.0 Å². The molecule has 0 radical (unpaired) electrons.